The topological polar surface area (TPSA) is 66.8 Å². The van der Waals surface area contributed by atoms with Gasteiger partial charge < -0.3 is 4.90 Å². The molecule has 7 heteroatoms. The number of rotatable bonds is 3. The second-order valence-electron chi connectivity index (χ2n) is 6.53. The molecule has 2 fully saturated rings. The molecule has 0 N–H and O–H groups in total. The Morgan fingerprint density at radius 1 is 1.33 bits per heavy atom. The summed E-state index contributed by atoms with van der Waals surface area (Å²) in [5.41, 5.74) is 2.10. The highest BCUT2D eigenvalue weighted by atomic mass is 32.2. The molecule has 0 radical (unpaired) electrons. The molecule has 0 aromatic heterocycles. The standard InChI is InChI=1S/C17H22N2O3S2/c1-4-16(20)18-17-19(13-8-6-5-7-12(13)11(2)3)14-9-24(21,22)10-15(14)23-17/h5-8,11,14-15H,4,9-10H2,1-3H3/t14-,15+/m0/s1. The maximum absolute atomic E-state index is 12.1. The minimum atomic E-state index is -3.04. The monoisotopic (exact) mass is 366 g/mol. The van der Waals surface area contributed by atoms with Crippen LogP contribution >= 0.6 is 11.8 Å². The SMILES string of the molecule is CCC(=O)N=C1S[C@@H]2CS(=O)(=O)C[C@@H]2N1c1ccccc1C(C)C. The van der Waals surface area contributed by atoms with E-state index in [0.29, 0.717) is 17.5 Å². The molecular formula is C17H22N2O3S2. The number of carbonyl (C=O) groups excluding carboxylic acids is 1. The van der Waals surface area contributed by atoms with Crippen molar-refractivity contribution in [2.75, 3.05) is 16.4 Å². The third-order valence-corrected chi connectivity index (χ3v) is 7.62. The van der Waals surface area contributed by atoms with Crippen molar-refractivity contribution in [1.29, 1.82) is 0 Å². The Hall–Kier alpha value is -1.34. The van der Waals surface area contributed by atoms with Crippen LogP contribution in [0.4, 0.5) is 5.69 Å². The maximum atomic E-state index is 12.1. The van der Waals surface area contributed by atoms with Crippen LogP contribution in [0.3, 0.4) is 0 Å². The number of para-hydroxylation sites is 1. The number of amidine groups is 1. The van der Waals surface area contributed by atoms with Crippen molar-refractivity contribution in [1.82, 2.24) is 0 Å². The van der Waals surface area contributed by atoms with Gasteiger partial charge in [0, 0.05) is 17.4 Å². The van der Waals surface area contributed by atoms with Crippen molar-refractivity contribution >= 4 is 38.4 Å². The Labute approximate surface area is 147 Å². The van der Waals surface area contributed by atoms with E-state index < -0.39 is 9.84 Å². The van der Waals surface area contributed by atoms with Crippen LogP contribution in [0.5, 0.6) is 0 Å². The number of nitrogens with zero attached hydrogens (tertiary/aromatic N) is 2. The first-order valence-corrected chi connectivity index (χ1v) is 10.9. The van der Waals surface area contributed by atoms with Gasteiger partial charge in [0.15, 0.2) is 15.0 Å². The minimum absolute atomic E-state index is 0.0568. The summed E-state index contributed by atoms with van der Waals surface area (Å²) in [5.74, 6) is 0.400. The molecule has 1 aromatic rings. The lowest BCUT2D eigenvalue weighted by Gasteiger charge is -2.28. The van der Waals surface area contributed by atoms with Crippen LogP contribution < -0.4 is 4.90 Å². The van der Waals surface area contributed by atoms with Crippen LogP contribution in [-0.4, -0.2) is 42.3 Å². The summed E-state index contributed by atoms with van der Waals surface area (Å²) in [6.07, 6.45) is 0.345. The maximum Gasteiger partial charge on any atom is 0.247 e. The number of anilines is 1. The predicted molar refractivity (Wildman–Crippen MR) is 99.6 cm³/mol. The summed E-state index contributed by atoms with van der Waals surface area (Å²) in [6.45, 7) is 6.00. The second kappa shape index (κ2) is 6.52. The third kappa shape index (κ3) is 3.24. The van der Waals surface area contributed by atoms with Gasteiger partial charge in [-0.2, -0.15) is 4.99 Å². The molecule has 1 aromatic carbocycles. The first-order chi connectivity index (χ1) is 11.3. The second-order valence-corrected chi connectivity index (χ2v) is 9.89. The van der Waals surface area contributed by atoms with Gasteiger partial charge in [0.05, 0.1) is 17.5 Å². The van der Waals surface area contributed by atoms with Crippen molar-refractivity contribution in [2.24, 2.45) is 4.99 Å². The van der Waals surface area contributed by atoms with Crippen molar-refractivity contribution in [3.63, 3.8) is 0 Å². The number of carbonyl (C=O) groups is 1. The van der Waals surface area contributed by atoms with Crippen molar-refractivity contribution in [2.45, 2.75) is 44.4 Å². The molecule has 2 saturated heterocycles. The van der Waals surface area contributed by atoms with Gasteiger partial charge in [0.1, 0.15) is 0 Å². The lowest BCUT2D eigenvalue weighted by atomic mass is 9.99. The molecule has 130 valence electrons. The zero-order valence-corrected chi connectivity index (χ0v) is 15.7. The first kappa shape index (κ1) is 17.5. The van der Waals surface area contributed by atoms with Crippen molar-refractivity contribution in [3.8, 4) is 0 Å². The molecule has 1 amide bonds. The van der Waals surface area contributed by atoms with Crippen molar-refractivity contribution < 1.29 is 13.2 Å². The smallest absolute Gasteiger partial charge is 0.247 e. The van der Waals surface area contributed by atoms with Gasteiger partial charge in [-0.15, -0.1) is 0 Å². The average molecular weight is 367 g/mol. The lowest BCUT2D eigenvalue weighted by molar-refractivity contribution is -0.117. The third-order valence-electron chi connectivity index (χ3n) is 4.41. The molecule has 0 aliphatic carbocycles. The number of thioether (sulfide) groups is 1. The van der Waals surface area contributed by atoms with Gasteiger partial charge in [-0.1, -0.05) is 50.7 Å². The quantitative estimate of drug-likeness (QED) is 0.823. The van der Waals surface area contributed by atoms with Crippen LogP contribution in [0, 0.1) is 0 Å². The van der Waals surface area contributed by atoms with Crippen molar-refractivity contribution in [3.05, 3.63) is 29.8 Å². The van der Waals surface area contributed by atoms with Crippen LogP contribution in [0.2, 0.25) is 0 Å². The number of sulfone groups is 1. The van der Waals surface area contributed by atoms with E-state index in [0.717, 1.165) is 11.3 Å². The Bertz CT molecular complexity index is 787. The number of aliphatic imine (C=N–C) groups is 1. The van der Waals surface area contributed by atoms with Crippen LogP contribution in [0.1, 0.15) is 38.7 Å². The van der Waals surface area contributed by atoms with E-state index in [2.05, 4.69) is 24.9 Å². The summed E-state index contributed by atoms with van der Waals surface area (Å²) < 4.78 is 24.2. The molecule has 3 rings (SSSR count). The first-order valence-electron chi connectivity index (χ1n) is 8.19. The normalized spacial score (nSPS) is 27.0. The number of fused-ring (bicyclic) bond motifs is 1. The highest BCUT2D eigenvalue weighted by Gasteiger charge is 2.49. The number of amides is 1. The molecule has 2 atom stereocenters. The highest BCUT2D eigenvalue weighted by molar-refractivity contribution is 8.16. The zero-order chi connectivity index (χ0) is 17.5. The van der Waals surface area contributed by atoms with Gasteiger partial charge in [-0.3, -0.25) is 4.79 Å². The van der Waals surface area contributed by atoms with Gasteiger partial charge in [0.25, 0.3) is 0 Å². The fourth-order valence-electron chi connectivity index (χ4n) is 3.23. The predicted octanol–water partition coefficient (Wildman–Crippen LogP) is 2.82. The molecule has 2 aliphatic heterocycles. The summed E-state index contributed by atoms with van der Waals surface area (Å²) in [7, 11) is -3.04. The molecule has 0 bridgehead atoms. The highest BCUT2D eigenvalue weighted by Crippen LogP contribution is 2.43. The van der Waals surface area contributed by atoms with Gasteiger partial charge in [-0.25, -0.2) is 8.42 Å². The molecule has 0 unspecified atom stereocenters. The average Bonchev–Trinajstić information content (AvgIpc) is 2.97. The minimum Gasteiger partial charge on any atom is -0.315 e. The molecule has 2 aliphatic rings. The van der Waals surface area contributed by atoms with Gasteiger partial charge >= 0.3 is 0 Å². The van der Waals surface area contributed by atoms with Crippen LogP contribution in [0.25, 0.3) is 0 Å². The fraction of sp³-hybridized carbons (Fsp3) is 0.529. The summed E-state index contributed by atoms with van der Waals surface area (Å²) >= 11 is 1.43. The molecule has 24 heavy (non-hydrogen) atoms. The molecule has 0 spiro atoms. The lowest BCUT2D eigenvalue weighted by Crippen LogP contribution is -2.38. The van der Waals surface area contributed by atoms with E-state index in [9.17, 15) is 13.2 Å². The van der Waals surface area contributed by atoms with E-state index >= 15 is 0 Å². The van der Waals surface area contributed by atoms with Gasteiger partial charge in [0.2, 0.25) is 5.91 Å². The fourth-order valence-corrected chi connectivity index (χ4v) is 7.15. The van der Waals surface area contributed by atoms with Gasteiger partial charge in [-0.05, 0) is 17.5 Å². The van der Waals surface area contributed by atoms with Crippen LogP contribution in [-0.2, 0) is 14.6 Å². The summed E-state index contributed by atoms with van der Waals surface area (Å²) in [5, 5.41) is 0.582. The molecule has 5 nitrogen and oxygen atoms in total. The van der Waals surface area contributed by atoms with E-state index in [-0.39, 0.29) is 28.7 Å². The number of hydrogen-bond acceptors (Lipinski definition) is 4. The van der Waals surface area contributed by atoms with Crippen LogP contribution in [0.15, 0.2) is 29.3 Å². The largest absolute Gasteiger partial charge is 0.315 e. The Balaban J connectivity index is 2.09. The number of benzene rings is 1. The van der Waals surface area contributed by atoms with E-state index in [4.69, 9.17) is 0 Å². The zero-order valence-electron chi connectivity index (χ0n) is 14.1. The summed E-state index contributed by atoms with van der Waals surface area (Å²) in [4.78, 5) is 18.1. The Kier molecular flexibility index (Phi) is 4.75. The Morgan fingerprint density at radius 3 is 2.71 bits per heavy atom. The Morgan fingerprint density at radius 2 is 2.04 bits per heavy atom. The van der Waals surface area contributed by atoms with E-state index in [1.165, 1.54) is 11.8 Å². The summed E-state index contributed by atoms with van der Waals surface area (Å²) in [6, 6.07) is 7.83. The molecule has 2 heterocycles. The van der Waals surface area contributed by atoms with E-state index in [1.807, 2.05) is 23.1 Å². The molecule has 0 saturated carbocycles. The van der Waals surface area contributed by atoms with E-state index in [1.54, 1.807) is 6.92 Å². The number of hydrogen-bond donors (Lipinski definition) is 0. The molecular weight excluding hydrogens is 344 g/mol.